The highest BCUT2D eigenvalue weighted by molar-refractivity contribution is 5.70. The molecule has 2 atom stereocenters. The summed E-state index contributed by atoms with van der Waals surface area (Å²) < 4.78 is 17.2. The van der Waals surface area contributed by atoms with E-state index in [9.17, 15) is 19.5 Å². The van der Waals surface area contributed by atoms with Gasteiger partial charge in [0.1, 0.15) is 12.6 Å². The predicted octanol–water partition coefficient (Wildman–Crippen LogP) is 12.7. The SMILES string of the molecule is CC/C=C/C/C=C/C/C=C/C/C=C/C/C=C/C/C=C/CCCCCCC(=O)OCC(COCCC(C(=O)[O-])[N+](C)(C)C)OC(=O)CCCCCCCC/C=C/C/C=C/C/C=C/CC. The number of esters is 2. The molecule has 0 amide bonds. The number of carbonyl (C=O) groups excluding carboxylic acids is 3. The number of carbonyl (C=O) groups is 3. The predicted molar refractivity (Wildman–Crippen MR) is 263 cm³/mol. The van der Waals surface area contributed by atoms with Crippen molar-refractivity contribution in [3.63, 3.8) is 0 Å². The van der Waals surface area contributed by atoms with Gasteiger partial charge in [0.25, 0.3) is 0 Å². The number of hydrogen-bond acceptors (Lipinski definition) is 7. The largest absolute Gasteiger partial charge is 0.544 e. The van der Waals surface area contributed by atoms with Crippen LogP contribution in [0.25, 0.3) is 0 Å². The molecule has 0 aromatic carbocycles. The highest BCUT2D eigenvalue weighted by Crippen LogP contribution is 2.13. The Kier molecular flexibility index (Phi) is 41.8. The molecule has 0 N–H and O–H groups in total. The smallest absolute Gasteiger partial charge is 0.306 e. The number of hydrogen-bond donors (Lipinski definition) is 0. The minimum absolute atomic E-state index is 0.0194. The van der Waals surface area contributed by atoms with Crippen LogP contribution in [0, 0.1) is 0 Å². The molecule has 8 heteroatoms. The summed E-state index contributed by atoms with van der Waals surface area (Å²) in [6.07, 6.45) is 61.1. The standard InChI is InChI=1S/C55H89NO7/c1-6-8-10-12-14-16-18-20-22-24-25-26-27-28-29-30-32-33-35-37-39-41-43-45-53(57)62-50-51(49-61-48-47-52(55(59)60)56(3,4)5)63-54(58)46-44-42-40-38-36-34-31-23-21-19-17-15-13-11-9-7-2/h8-11,14-17,20-23,25-26,28-29,32-33,51-52H,6-7,12-13,18-19,24,27,30-31,34-50H2,1-5H3/b10-8+,11-9+,16-14+,17-15+,22-20+,23-21+,26-25+,29-28+,33-32+. The van der Waals surface area contributed by atoms with Gasteiger partial charge in [-0.1, -0.05) is 162 Å². The zero-order valence-corrected chi connectivity index (χ0v) is 40.4. The number of unbranched alkanes of at least 4 members (excludes halogenated alkanes) is 10. The maximum atomic E-state index is 12.8. The molecule has 2 unspecified atom stereocenters. The van der Waals surface area contributed by atoms with E-state index in [-0.39, 0.29) is 42.7 Å². The first-order valence-corrected chi connectivity index (χ1v) is 24.4. The van der Waals surface area contributed by atoms with Crippen LogP contribution >= 0.6 is 0 Å². The van der Waals surface area contributed by atoms with Gasteiger partial charge in [-0.25, -0.2) is 0 Å². The fourth-order valence-electron chi connectivity index (χ4n) is 6.44. The molecule has 0 fully saturated rings. The maximum absolute atomic E-state index is 12.8. The Morgan fingerprint density at radius 3 is 1.24 bits per heavy atom. The van der Waals surface area contributed by atoms with Crippen molar-refractivity contribution in [3.8, 4) is 0 Å². The monoisotopic (exact) mass is 876 g/mol. The number of allylic oxidation sites excluding steroid dienone is 18. The van der Waals surface area contributed by atoms with E-state index < -0.39 is 18.1 Å². The average molecular weight is 876 g/mol. The van der Waals surface area contributed by atoms with Crippen LogP contribution in [-0.2, 0) is 28.6 Å². The highest BCUT2D eigenvalue weighted by Gasteiger charge is 2.25. The van der Waals surface area contributed by atoms with Gasteiger partial charge in [0.05, 0.1) is 40.3 Å². The van der Waals surface area contributed by atoms with Crippen LogP contribution in [0.4, 0.5) is 0 Å². The van der Waals surface area contributed by atoms with Gasteiger partial charge >= 0.3 is 11.9 Å². The van der Waals surface area contributed by atoms with Gasteiger partial charge in [0, 0.05) is 19.3 Å². The molecule has 0 saturated heterocycles. The molecule has 0 bridgehead atoms. The van der Waals surface area contributed by atoms with Crippen LogP contribution in [0.1, 0.15) is 168 Å². The summed E-state index contributed by atoms with van der Waals surface area (Å²) in [4.78, 5) is 37.0. The van der Waals surface area contributed by atoms with Crippen molar-refractivity contribution in [1.29, 1.82) is 0 Å². The van der Waals surface area contributed by atoms with Crippen LogP contribution in [0.2, 0.25) is 0 Å². The minimum Gasteiger partial charge on any atom is -0.544 e. The summed E-state index contributed by atoms with van der Waals surface area (Å²) in [5.41, 5.74) is 0. The van der Waals surface area contributed by atoms with E-state index in [4.69, 9.17) is 14.2 Å². The normalized spacial score (nSPS) is 13.9. The van der Waals surface area contributed by atoms with Gasteiger partial charge in [-0.15, -0.1) is 0 Å². The van der Waals surface area contributed by atoms with Crippen molar-refractivity contribution < 1.29 is 38.2 Å². The third-order valence-corrected chi connectivity index (χ3v) is 10.2. The van der Waals surface area contributed by atoms with Crippen molar-refractivity contribution >= 4 is 17.9 Å². The highest BCUT2D eigenvalue weighted by atomic mass is 16.6. The van der Waals surface area contributed by atoms with E-state index >= 15 is 0 Å². The summed E-state index contributed by atoms with van der Waals surface area (Å²) in [6, 6.07) is -0.740. The third-order valence-electron chi connectivity index (χ3n) is 10.2. The van der Waals surface area contributed by atoms with E-state index in [1.54, 1.807) is 21.1 Å². The van der Waals surface area contributed by atoms with Crippen LogP contribution in [0.15, 0.2) is 109 Å². The zero-order chi connectivity index (χ0) is 46.3. The number of rotatable bonds is 42. The fourth-order valence-corrected chi connectivity index (χ4v) is 6.44. The van der Waals surface area contributed by atoms with Gasteiger partial charge < -0.3 is 28.6 Å². The molecule has 0 saturated carbocycles. The number of likely N-dealkylation sites (N-methyl/N-ethyl adjacent to an activating group) is 1. The Balaban J connectivity index is 4.37. The van der Waals surface area contributed by atoms with E-state index in [1.165, 1.54) is 12.8 Å². The van der Waals surface area contributed by atoms with Crippen molar-refractivity contribution in [2.45, 2.75) is 180 Å². The zero-order valence-electron chi connectivity index (χ0n) is 40.4. The molecular weight excluding hydrogens is 787 g/mol. The summed E-state index contributed by atoms with van der Waals surface area (Å²) in [6.45, 7) is 4.38. The molecule has 0 radical (unpaired) electrons. The quantitative estimate of drug-likeness (QED) is 0.0260. The third kappa shape index (κ3) is 43.0. The first-order valence-electron chi connectivity index (χ1n) is 24.4. The number of ether oxygens (including phenoxy) is 3. The second kappa shape index (κ2) is 44.6. The van der Waals surface area contributed by atoms with E-state index in [0.717, 1.165) is 122 Å². The molecule has 356 valence electrons. The first-order chi connectivity index (χ1) is 30.6. The molecule has 0 aromatic heterocycles. The molecule has 0 aliphatic carbocycles. The Labute approximate surface area is 385 Å². The van der Waals surface area contributed by atoms with Crippen LogP contribution < -0.4 is 5.11 Å². The summed E-state index contributed by atoms with van der Waals surface area (Å²) in [7, 11) is 5.39. The first kappa shape index (κ1) is 59.0. The molecule has 0 aliphatic heterocycles. The van der Waals surface area contributed by atoms with Crippen LogP contribution in [0.5, 0.6) is 0 Å². The topological polar surface area (TPSA) is 102 Å². The lowest BCUT2D eigenvalue weighted by molar-refractivity contribution is -0.889. The fraction of sp³-hybridized carbons (Fsp3) is 0.618. The molecule has 0 rings (SSSR count). The van der Waals surface area contributed by atoms with Gasteiger partial charge in [0.2, 0.25) is 0 Å². The molecule has 0 spiro atoms. The Bertz CT molecular complexity index is 1390. The minimum atomic E-state index is -1.14. The van der Waals surface area contributed by atoms with Gasteiger partial charge in [-0.05, 0) is 96.3 Å². The Morgan fingerprint density at radius 2 is 0.841 bits per heavy atom. The number of nitrogens with zero attached hydrogens (tertiary/aromatic N) is 1. The molecule has 0 heterocycles. The van der Waals surface area contributed by atoms with E-state index in [1.807, 2.05) is 0 Å². The Hall–Kier alpha value is -4.01. The van der Waals surface area contributed by atoms with Gasteiger partial charge in [-0.3, -0.25) is 9.59 Å². The lowest BCUT2D eigenvalue weighted by atomic mass is 10.1. The van der Waals surface area contributed by atoms with Crippen LogP contribution in [-0.4, -0.2) is 75.5 Å². The maximum Gasteiger partial charge on any atom is 0.306 e. The number of quaternary nitrogens is 1. The number of carboxylic acid groups (broad SMARTS) is 1. The molecule has 0 aliphatic rings. The summed E-state index contributed by atoms with van der Waals surface area (Å²) in [5, 5.41) is 11.7. The summed E-state index contributed by atoms with van der Waals surface area (Å²) >= 11 is 0. The van der Waals surface area contributed by atoms with Crippen molar-refractivity contribution in [3.05, 3.63) is 109 Å². The molecular formula is C55H89NO7. The Morgan fingerprint density at radius 1 is 0.476 bits per heavy atom. The lowest BCUT2D eigenvalue weighted by Crippen LogP contribution is -2.55. The molecule has 8 nitrogen and oxygen atoms in total. The molecule has 0 aromatic rings. The van der Waals surface area contributed by atoms with Crippen molar-refractivity contribution in [2.24, 2.45) is 0 Å². The van der Waals surface area contributed by atoms with Gasteiger partial charge in [-0.2, -0.15) is 0 Å². The van der Waals surface area contributed by atoms with Crippen molar-refractivity contribution in [1.82, 2.24) is 0 Å². The van der Waals surface area contributed by atoms with Gasteiger partial charge in [0.15, 0.2) is 6.10 Å². The number of aliphatic carboxylic acids is 1. The molecule has 63 heavy (non-hydrogen) atoms. The summed E-state index contributed by atoms with van der Waals surface area (Å²) in [5.74, 6) is -1.80. The average Bonchev–Trinajstić information content (AvgIpc) is 3.24. The van der Waals surface area contributed by atoms with E-state index in [2.05, 4.69) is 123 Å². The van der Waals surface area contributed by atoms with Crippen molar-refractivity contribution in [2.75, 3.05) is 41.0 Å². The lowest BCUT2D eigenvalue weighted by Gasteiger charge is -2.34. The second-order valence-electron chi connectivity index (χ2n) is 16.9. The van der Waals surface area contributed by atoms with Crippen LogP contribution in [0.3, 0.4) is 0 Å². The van der Waals surface area contributed by atoms with E-state index in [0.29, 0.717) is 12.8 Å². The number of carboxylic acids is 1. The second-order valence-corrected chi connectivity index (χ2v) is 16.9.